The second-order valence-corrected chi connectivity index (χ2v) is 5.37. The summed E-state index contributed by atoms with van der Waals surface area (Å²) in [5, 5.41) is 5.07. The highest BCUT2D eigenvalue weighted by Gasteiger charge is 2.14. The number of amides is 1. The van der Waals surface area contributed by atoms with Crippen LogP contribution < -0.4 is 10.6 Å². The van der Waals surface area contributed by atoms with Crippen LogP contribution in [0.25, 0.3) is 0 Å². The highest BCUT2D eigenvalue weighted by molar-refractivity contribution is 6.03. The second-order valence-electron chi connectivity index (χ2n) is 5.37. The van der Waals surface area contributed by atoms with E-state index in [4.69, 9.17) is 0 Å². The van der Waals surface area contributed by atoms with Crippen molar-refractivity contribution >= 4 is 23.1 Å². The Morgan fingerprint density at radius 1 is 0.923 bits per heavy atom. The summed E-state index contributed by atoms with van der Waals surface area (Å²) in [6.45, 7) is 1.56. The van der Waals surface area contributed by atoms with Crippen molar-refractivity contribution in [1.82, 2.24) is 9.97 Å². The van der Waals surface area contributed by atoms with E-state index in [1.54, 1.807) is 19.1 Å². The zero-order chi connectivity index (χ0) is 18.7. The van der Waals surface area contributed by atoms with E-state index in [1.807, 2.05) is 0 Å². The number of para-hydroxylation sites is 1. The van der Waals surface area contributed by atoms with Gasteiger partial charge in [-0.15, -0.1) is 0 Å². The van der Waals surface area contributed by atoms with Crippen LogP contribution in [0.2, 0.25) is 0 Å². The van der Waals surface area contributed by atoms with E-state index in [0.29, 0.717) is 6.07 Å². The number of hydrogen-bond acceptors (Lipinski definition) is 4. The number of rotatable bonds is 4. The minimum Gasteiger partial charge on any atom is -0.338 e. The number of aromatic nitrogens is 2. The molecule has 5 nitrogen and oxygen atoms in total. The molecule has 0 radical (unpaired) electrons. The van der Waals surface area contributed by atoms with Crippen LogP contribution in [0.4, 0.5) is 30.4 Å². The highest BCUT2D eigenvalue weighted by Crippen LogP contribution is 2.20. The Morgan fingerprint density at radius 2 is 1.69 bits per heavy atom. The van der Waals surface area contributed by atoms with Crippen LogP contribution in [0.5, 0.6) is 0 Å². The standard InChI is InChI=1S/C18H13F3N4O/c1-10-22-16(18(26)25-15-7-6-11(19)8-13(15)21)9-17(23-10)24-14-5-3-2-4-12(14)20/h2-9H,1H3,(H,25,26)(H,22,23,24). The number of carbonyl (C=O) groups excluding carboxylic acids is 1. The molecule has 1 aromatic heterocycles. The van der Waals surface area contributed by atoms with E-state index in [-0.39, 0.29) is 28.7 Å². The Hall–Kier alpha value is -3.42. The fraction of sp³-hybridized carbons (Fsp3) is 0.0556. The molecule has 1 heterocycles. The maximum atomic E-state index is 13.7. The maximum Gasteiger partial charge on any atom is 0.274 e. The third kappa shape index (κ3) is 3.97. The molecule has 2 N–H and O–H groups in total. The zero-order valence-corrected chi connectivity index (χ0v) is 13.6. The molecule has 0 unspecified atom stereocenters. The first kappa shape index (κ1) is 17.4. The van der Waals surface area contributed by atoms with Gasteiger partial charge in [0.05, 0.1) is 11.4 Å². The third-order valence-corrected chi connectivity index (χ3v) is 3.39. The monoisotopic (exact) mass is 358 g/mol. The van der Waals surface area contributed by atoms with Gasteiger partial charge in [-0.2, -0.15) is 0 Å². The minimum absolute atomic E-state index is 0.0555. The van der Waals surface area contributed by atoms with Crippen molar-refractivity contribution in [1.29, 1.82) is 0 Å². The summed E-state index contributed by atoms with van der Waals surface area (Å²) >= 11 is 0. The van der Waals surface area contributed by atoms with E-state index in [9.17, 15) is 18.0 Å². The van der Waals surface area contributed by atoms with Crippen LogP contribution in [0, 0.1) is 24.4 Å². The summed E-state index contributed by atoms with van der Waals surface area (Å²) in [6, 6.07) is 10.1. The van der Waals surface area contributed by atoms with Crippen molar-refractivity contribution in [3.05, 3.63) is 77.5 Å². The van der Waals surface area contributed by atoms with Crippen molar-refractivity contribution in [2.24, 2.45) is 0 Å². The summed E-state index contributed by atoms with van der Waals surface area (Å²) < 4.78 is 40.4. The van der Waals surface area contributed by atoms with Gasteiger partial charge in [-0.1, -0.05) is 12.1 Å². The topological polar surface area (TPSA) is 66.9 Å². The van der Waals surface area contributed by atoms with Crippen molar-refractivity contribution in [2.45, 2.75) is 6.92 Å². The lowest BCUT2D eigenvalue weighted by Gasteiger charge is -2.10. The van der Waals surface area contributed by atoms with Gasteiger partial charge in [-0.05, 0) is 31.2 Å². The molecule has 3 rings (SSSR count). The van der Waals surface area contributed by atoms with Crippen LogP contribution in [-0.4, -0.2) is 15.9 Å². The van der Waals surface area contributed by atoms with Crippen molar-refractivity contribution in [3.8, 4) is 0 Å². The molecule has 2 aromatic carbocycles. The predicted molar refractivity (Wildman–Crippen MR) is 90.8 cm³/mol. The van der Waals surface area contributed by atoms with Gasteiger partial charge in [-0.3, -0.25) is 4.79 Å². The first-order chi connectivity index (χ1) is 12.4. The first-order valence-electron chi connectivity index (χ1n) is 7.56. The van der Waals surface area contributed by atoms with Gasteiger partial charge in [0.2, 0.25) is 0 Å². The molecule has 0 spiro atoms. The number of hydrogen-bond donors (Lipinski definition) is 2. The van der Waals surface area contributed by atoms with Crippen LogP contribution in [-0.2, 0) is 0 Å². The molecular weight excluding hydrogens is 345 g/mol. The molecule has 3 aromatic rings. The maximum absolute atomic E-state index is 13.7. The minimum atomic E-state index is -0.908. The van der Waals surface area contributed by atoms with Crippen LogP contribution in [0.3, 0.4) is 0 Å². The summed E-state index contributed by atoms with van der Waals surface area (Å²) in [5.74, 6) is -2.40. The molecule has 0 aliphatic rings. The van der Waals surface area contributed by atoms with Crippen molar-refractivity contribution < 1.29 is 18.0 Å². The number of halogens is 3. The Labute approximate surface area is 146 Å². The van der Waals surface area contributed by atoms with Gasteiger partial charge in [0.15, 0.2) is 0 Å². The number of carbonyl (C=O) groups is 1. The first-order valence-corrected chi connectivity index (χ1v) is 7.56. The smallest absolute Gasteiger partial charge is 0.274 e. The van der Waals surface area contributed by atoms with Crippen LogP contribution in [0.1, 0.15) is 16.3 Å². The average Bonchev–Trinajstić information content (AvgIpc) is 2.59. The average molecular weight is 358 g/mol. The van der Waals surface area contributed by atoms with E-state index in [1.165, 1.54) is 18.2 Å². The Balaban J connectivity index is 1.85. The largest absolute Gasteiger partial charge is 0.338 e. The molecule has 1 amide bonds. The van der Waals surface area contributed by atoms with Gasteiger partial charge in [0, 0.05) is 12.1 Å². The Bertz CT molecular complexity index is 978. The fourth-order valence-electron chi connectivity index (χ4n) is 2.23. The SMILES string of the molecule is Cc1nc(Nc2ccccc2F)cc(C(=O)Nc2ccc(F)cc2F)n1. The molecule has 8 heteroatoms. The van der Waals surface area contributed by atoms with Crippen molar-refractivity contribution in [2.75, 3.05) is 10.6 Å². The van der Waals surface area contributed by atoms with Gasteiger partial charge >= 0.3 is 0 Å². The number of nitrogens with zero attached hydrogens (tertiary/aromatic N) is 2. The summed E-state index contributed by atoms with van der Waals surface area (Å²) in [6.07, 6.45) is 0. The summed E-state index contributed by atoms with van der Waals surface area (Å²) in [7, 11) is 0. The molecule has 0 bridgehead atoms. The van der Waals surface area contributed by atoms with Gasteiger partial charge < -0.3 is 10.6 Å². The molecule has 0 aliphatic heterocycles. The number of nitrogens with one attached hydrogen (secondary N) is 2. The van der Waals surface area contributed by atoms with Gasteiger partial charge in [0.1, 0.15) is 34.8 Å². The van der Waals surface area contributed by atoms with E-state index in [2.05, 4.69) is 20.6 Å². The molecule has 132 valence electrons. The lowest BCUT2D eigenvalue weighted by atomic mass is 10.2. The summed E-state index contributed by atoms with van der Waals surface area (Å²) in [4.78, 5) is 20.4. The van der Waals surface area contributed by atoms with E-state index in [0.717, 1.165) is 12.1 Å². The lowest BCUT2D eigenvalue weighted by molar-refractivity contribution is 0.102. The molecule has 0 saturated carbocycles. The quantitative estimate of drug-likeness (QED) is 0.734. The number of benzene rings is 2. The zero-order valence-electron chi connectivity index (χ0n) is 13.6. The van der Waals surface area contributed by atoms with Crippen molar-refractivity contribution in [3.63, 3.8) is 0 Å². The summed E-state index contributed by atoms with van der Waals surface area (Å²) in [5.41, 5.74) is -0.0575. The fourth-order valence-corrected chi connectivity index (χ4v) is 2.23. The number of anilines is 3. The highest BCUT2D eigenvalue weighted by atomic mass is 19.1. The van der Waals surface area contributed by atoms with Crippen LogP contribution in [0.15, 0.2) is 48.5 Å². The third-order valence-electron chi connectivity index (χ3n) is 3.39. The second kappa shape index (κ2) is 7.22. The molecule has 0 atom stereocenters. The molecular formula is C18H13F3N4O. The van der Waals surface area contributed by atoms with E-state index < -0.39 is 23.4 Å². The predicted octanol–water partition coefficient (Wildman–Crippen LogP) is 4.20. The molecule has 0 fully saturated rings. The molecule has 26 heavy (non-hydrogen) atoms. The Morgan fingerprint density at radius 3 is 2.42 bits per heavy atom. The lowest BCUT2D eigenvalue weighted by Crippen LogP contribution is -2.16. The van der Waals surface area contributed by atoms with E-state index >= 15 is 0 Å². The molecule has 0 saturated heterocycles. The molecule has 0 aliphatic carbocycles. The normalized spacial score (nSPS) is 10.5. The van der Waals surface area contributed by atoms with Gasteiger partial charge in [0.25, 0.3) is 5.91 Å². The Kier molecular flexibility index (Phi) is 4.83. The van der Waals surface area contributed by atoms with Crippen LogP contribution >= 0.6 is 0 Å². The number of aryl methyl sites for hydroxylation is 1. The van der Waals surface area contributed by atoms with Gasteiger partial charge in [-0.25, -0.2) is 23.1 Å².